The van der Waals surface area contributed by atoms with Crippen LogP contribution in [0.5, 0.6) is 0 Å². The Hall–Kier alpha value is -4.20. The molecule has 4 rings (SSSR count). The molecule has 0 unspecified atom stereocenters. The molecular weight excluding hydrogens is 437 g/mol. The molecule has 34 heavy (non-hydrogen) atoms. The van der Waals surface area contributed by atoms with E-state index in [4.69, 9.17) is 4.74 Å². The summed E-state index contributed by atoms with van der Waals surface area (Å²) in [4.78, 5) is 39.1. The van der Waals surface area contributed by atoms with E-state index >= 15 is 0 Å². The van der Waals surface area contributed by atoms with E-state index in [1.165, 1.54) is 24.3 Å². The molecule has 0 bridgehead atoms. The molecule has 1 aliphatic heterocycles. The van der Waals surface area contributed by atoms with Crippen molar-refractivity contribution in [3.8, 4) is 0 Å². The van der Waals surface area contributed by atoms with Crippen molar-refractivity contribution in [1.29, 1.82) is 0 Å². The first-order valence-corrected chi connectivity index (χ1v) is 10.9. The fourth-order valence-corrected chi connectivity index (χ4v) is 3.81. The van der Waals surface area contributed by atoms with Gasteiger partial charge in [-0.2, -0.15) is 0 Å². The lowest BCUT2D eigenvalue weighted by molar-refractivity contribution is -0.117. The molecule has 0 aromatic heterocycles. The Morgan fingerprint density at radius 1 is 0.941 bits per heavy atom. The van der Waals surface area contributed by atoms with Gasteiger partial charge < -0.3 is 20.3 Å². The number of carbonyl (C=O) groups is 3. The molecule has 3 aromatic rings. The van der Waals surface area contributed by atoms with Gasteiger partial charge in [0.05, 0.1) is 0 Å². The number of ether oxygens (including phenoxy) is 1. The van der Waals surface area contributed by atoms with Gasteiger partial charge in [-0.05, 0) is 60.4 Å². The smallest absolute Gasteiger partial charge is 0.407 e. The molecule has 1 heterocycles. The van der Waals surface area contributed by atoms with Gasteiger partial charge in [-0.3, -0.25) is 9.59 Å². The molecule has 8 heteroatoms. The van der Waals surface area contributed by atoms with Crippen LogP contribution in [0.3, 0.4) is 0 Å². The van der Waals surface area contributed by atoms with Gasteiger partial charge in [0.2, 0.25) is 5.91 Å². The van der Waals surface area contributed by atoms with Crippen LogP contribution in [0, 0.1) is 5.82 Å². The second kappa shape index (κ2) is 10.6. The number of amides is 3. The van der Waals surface area contributed by atoms with Crippen LogP contribution >= 0.6 is 0 Å². The molecule has 0 radical (unpaired) electrons. The highest BCUT2D eigenvalue weighted by atomic mass is 19.1. The number of rotatable bonds is 6. The molecule has 3 aromatic carbocycles. The highest BCUT2D eigenvalue weighted by molar-refractivity contribution is 6.06. The summed E-state index contributed by atoms with van der Waals surface area (Å²) in [5.74, 6) is -1.06. The number of hydrogen-bond acceptors (Lipinski definition) is 4. The SMILES string of the molecule is O=C(NCC(=O)N1CCCc2c(NC(=O)c3ccc(F)cc3)cccc21)OCc1ccccc1. The predicted octanol–water partition coefficient (Wildman–Crippen LogP) is 4.28. The molecule has 2 N–H and O–H groups in total. The van der Waals surface area contributed by atoms with Crippen LogP contribution < -0.4 is 15.5 Å². The van der Waals surface area contributed by atoms with Crippen molar-refractivity contribution in [2.45, 2.75) is 19.4 Å². The Kier molecular flexibility index (Phi) is 7.17. The van der Waals surface area contributed by atoms with E-state index in [2.05, 4.69) is 10.6 Å². The molecule has 3 amide bonds. The lowest BCUT2D eigenvalue weighted by atomic mass is 9.99. The lowest BCUT2D eigenvalue weighted by Crippen LogP contribution is -2.42. The zero-order valence-corrected chi connectivity index (χ0v) is 18.4. The number of fused-ring (bicyclic) bond motifs is 1. The Morgan fingerprint density at radius 3 is 2.47 bits per heavy atom. The van der Waals surface area contributed by atoms with E-state index < -0.39 is 11.9 Å². The maximum atomic E-state index is 13.2. The van der Waals surface area contributed by atoms with E-state index in [9.17, 15) is 18.8 Å². The molecule has 0 saturated heterocycles. The molecule has 0 aliphatic carbocycles. The van der Waals surface area contributed by atoms with Crippen LogP contribution in [-0.4, -0.2) is 31.0 Å². The maximum absolute atomic E-state index is 13.2. The Morgan fingerprint density at radius 2 is 1.71 bits per heavy atom. The topological polar surface area (TPSA) is 87.7 Å². The number of anilines is 2. The standard InChI is InChI=1S/C26H24FN3O4/c27-20-13-11-19(12-14-20)25(32)29-22-9-4-10-23-21(22)8-5-15-30(23)24(31)16-28-26(33)34-17-18-6-2-1-3-7-18/h1-4,6-7,9-14H,5,8,15-17H2,(H,28,33)(H,29,32). The van der Waals surface area contributed by atoms with Crippen molar-refractivity contribution in [3.05, 3.63) is 95.3 Å². The van der Waals surface area contributed by atoms with E-state index in [1.807, 2.05) is 36.4 Å². The third kappa shape index (κ3) is 5.58. The first-order valence-electron chi connectivity index (χ1n) is 10.9. The zero-order chi connectivity index (χ0) is 23.9. The van der Waals surface area contributed by atoms with Crippen molar-refractivity contribution >= 4 is 29.3 Å². The minimum atomic E-state index is -0.672. The summed E-state index contributed by atoms with van der Waals surface area (Å²) in [5, 5.41) is 5.36. The number of nitrogens with zero attached hydrogens (tertiary/aromatic N) is 1. The van der Waals surface area contributed by atoms with Gasteiger partial charge in [0.15, 0.2) is 0 Å². The summed E-state index contributed by atoms with van der Waals surface area (Å²) >= 11 is 0. The molecule has 0 atom stereocenters. The van der Waals surface area contributed by atoms with E-state index in [-0.39, 0.29) is 25.0 Å². The highest BCUT2D eigenvalue weighted by Crippen LogP contribution is 2.33. The largest absolute Gasteiger partial charge is 0.445 e. The van der Waals surface area contributed by atoms with E-state index in [0.29, 0.717) is 36.3 Å². The summed E-state index contributed by atoms with van der Waals surface area (Å²) < 4.78 is 18.3. The zero-order valence-electron chi connectivity index (χ0n) is 18.4. The third-order valence-electron chi connectivity index (χ3n) is 5.50. The summed E-state index contributed by atoms with van der Waals surface area (Å²) in [6.45, 7) is 0.408. The summed E-state index contributed by atoms with van der Waals surface area (Å²) in [7, 11) is 0. The maximum Gasteiger partial charge on any atom is 0.407 e. The number of carbonyl (C=O) groups excluding carboxylic acids is 3. The summed E-state index contributed by atoms with van der Waals surface area (Å²) in [5.41, 5.74) is 3.31. The normalized spacial score (nSPS) is 12.4. The predicted molar refractivity (Wildman–Crippen MR) is 126 cm³/mol. The van der Waals surface area contributed by atoms with Crippen molar-refractivity contribution in [2.24, 2.45) is 0 Å². The average Bonchev–Trinajstić information content (AvgIpc) is 2.87. The Bertz CT molecular complexity index is 1180. The molecular formula is C26H24FN3O4. The van der Waals surface area contributed by atoms with E-state index in [1.54, 1.807) is 17.0 Å². The lowest BCUT2D eigenvalue weighted by Gasteiger charge is -2.31. The summed E-state index contributed by atoms with van der Waals surface area (Å²) in [6, 6.07) is 19.9. The van der Waals surface area contributed by atoms with Gasteiger partial charge in [-0.1, -0.05) is 36.4 Å². The first-order chi connectivity index (χ1) is 16.5. The van der Waals surface area contributed by atoms with Crippen LogP contribution in [0.25, 0.3) is 0 Å². The van der Waals surface area contributed by atoms with Crippen LogP contribution in [0.1, 0.15) is 27.9 Å². The highest BCUT2D eigenvalue weighted by Gasteiger charge is 2.25. The Balaban J connectivity index is 1.38. The van der Waals surface area contributed by atoms with Crippen molar-refractivity contribution in [3.63, 3.8) is 0 Å². The average molecular weight is 461 g/mol. The number of alkyl carbamates (subject to hydrolysis) is 1. The van der Waals surface area contributed by atoms with Crippen LogP contribution in [-0.2, 0) is 22.6 Å². The molecule has 0 saturated carbocycles. The molecule has 174 valence electrons. The van der Waals surface area contributed by atoms with Crippen molar-refractivity contribution in [1.82, 2.24) is 5.32 Å². The molecule has 0 fully saturated rings. The second-order valence-electron chi connectivity index (χ2n) is 7.83. The van der Waals surface area contributed by atoms with Crippen molar-refractivity contribution < 1.29 is 23.5 Å². The van der Waals surface area contributed by atoms with Gasteiger partial charge in [-0.15, -0.1) is 0 Å². The first kappa shape index (κ1) is 23.0. The quantitative estimate of drug-likeness (QED) is 0.574. The fourth-order valence-electron chi connectivity index (χ4n) is 3.81. The molecule has 0 spiro atoms. The Labute approximate surface area is 196 Å². The van der Waals surface area contributed by atoms with Gasteiger partial charge in [0, 0.05) is 23.5 Å². The minimum Gasteiger partial charge on any atom is -0.445 e. The number of halogens is 1. The van der Waals surface area contributed by atoms with Crippen LogP contribution in [0.2, 0.25) is 0 Å². The number of hydrogen-bond donors (Lipinski definition) is 2. The molecule has 1 aliphatic rings. The van der Waals surface area contributed by atoms with Crippen LogP contribution in [0.15, 0.2) is 72.8 Å². The number of nitrogens with one attached hydrogen (secondary N) is 2. The number of benzene rings is 3. The fraction of sp³-hybridized carbons (Fsp3) is 0.192. The van der Waals surface area contributed by atoms with Gasteiger partial charge >= 0.3 is 6.09 Å². The second-order valence-corrected chi connectivity index (χ2v) is 7.83. The van der Waals surface area contributed by atoms with Crippen molar-refractivity contribution in [2.75, 3.05) is 23.3 Å². The molecule has 7 nitrogen and oxygen atoms in total. The summed E-state index contributed by atoms with van der Waals surface area (Å²) in [6.07, 6.45) is 0.723. The van der Waals surface area contributed by atoms with Crippen LogP contribution in [0.4, 0.5) is 20.6 Å². The van der Waals surface area contributed by atoms with Gasteiger partial charge in [0.25, 0.3) is 5.91 Å². The third-order valence-corrected chi connectivity index (χ3v) is 5.50. The minimum absolute atomic E-state index is 0.116. The van der Waals surface area contributed by atoms with E-state index in [0.717, 1.165) is 11.1 Å². The monoisotopic (exact) mass is 461 g/mol. The van der Waals surface area contributed by atoms with Gasteiger partial charge in [0.1, 0.15) is 19.0 Å². The van der Waals surface area contributed by atoms with Gasteiger partial charge in [-0.25, -0.2) is 9.18 Å².